The van der Waals surface area contributed by atoms with E-state index in [-0.39, 0.29) is 0 Å². The first-order valence-electron chi connectivity index (χ1n) is 8.90. The molecule has 25 heavy (non-hydrogen) atoms. The van der Waals surface area contributed by atoms with E-state index in [1.807, 2.05) is 11.7 Å². The van der Waals surface area contributed by atoms with Gasteiger partial charge in [0.1, 0.15) is 5.65 Å². The van der Waals surface area contributed by atoms with Crippen molar-refractivity contribution in [3.05, 3.63) is 52.4 Å². The molecule has 1 atom stereocenters. The third-order valence-corrected chi connectivity index (χ3v) is 6.02. The van der Waals surface area contributed by atoms with Gasteiger partial charge in [-0.25, -0.2) is 9.97 Å². The van der Waals surface area contributed by atoms with Gasteiger partial charge < -0.3 is 9.30 Å². The van der Waals surface area contributed by atoms with E-state index in [1.165, 1.54) is 35.8 Å². The van der Waals surface area contributed by atoms with Crippen LogP contribution in [0.25, 0.3) is 5.65 Å². The SMILES string of the molecule is Cc1ncsc1CN(C)C[C@@H]1CCN(Cc2cccc3nccn23)C1. The number of likely N-dealkylation sites (tertiary alicyclic amines) is 1. The maximum absolute atomic E-state index is 4.38. The van der Waals surface area contributed by atoms with Crippen molar-refractivity contribution in [1.82, 2.24) is 24.2 Å². The molecule has 1 aliphatic heterocycles. The normalized spacial score (nSPS) is 18.6. The molecular formula is C19H25N5S. The molecule has 132 valence electrons. The molecule has 0 bridgehead atoms. The fraction of sp³-hybridized carbons (Fsp3) is 0.474. The van der Waals surface area contributed by atoms with Crippen molar-refractivity contribution < 1.29 is 0 Å². The zero-order valence-corrected chi connectivity index (χ0v) is 15.7. The lowest BCUT2D eigenvalue weighted by Crippen LogP contribution is -2.28. The summed E-state index contributed by atoms with van der Waals surface area (Å²) in [6, 6.07) is 6.38. The standard InChI is InChI=1S/C19H25N5S/c1-15-18(25-14-21-15)13-22(2)10-16-6-8-23(11-16)12-17-4-3-5-19-20-7-9-24(17)19/h3-5,7,9,14,16H,6,8,10-13H2,1-2H3/t16-/m0/s1. The molecule has 0 aliphatic carbocycles. The van der Waals surface area contributed by atoms with Crippen molar-refractivity contribution in [3.8, 4) is 0 Å². The average molecular weight is 356 g/mol. The van der Waals surface area contributed by atoms with E-state index in [4.69, 9.17) is 0 Å². The zero-order chi connectivity index (χ0) is 17.2. The fourth-order valence-corrected chi connectivity index (χ4v) is 4.65. The minimum Gasteiger partial charge on any atom is -0.303 e. The number of aryl methyl sites for hydroxylation is 1. The largest absolute Gasteiger partial charge is 0.303 e. The molecule has 0 aromatic carbocycles. The van der Waals surface area contributed by atoms with E-state index in [9.17, 15) is 0 Å². The van der Waals surface area contributed by atoms with E-state index in [0.29, 0.717) is 0 Å². The Bertz CT molecular complexity index is 839. The highest BCUT2D eigenvalue weighted by molar-refractivity contribution is 7.09. The van der Waals surface area contributed by atoms with Crippen LogP contribution in [0.1, 0.15) is 22.7 Å². The van der Waals surface area contributed by atoms with Crippen LogP contribution >= 0.6 is 11.3 Å². The van der Waals surface area contributed by atoms with Crippen molar-refractivity contribution in [3.63, 3.8) is 0 Å². The maximum atomic E-state index is 4.38. The molecule has 0 amide bonds. The van der Waals surface area contributed by atoms with Crippen LogP contribution in [0.15, 0.2) is 36.1 Å². The molecule has 1 fully saturated rings. The summed E-state index contributed by atoms with van der Waals surface area (Å²) in [6.45, 7) is 7.64. The summed E-state index contributed by atoms with van der Waals surface area (Å²) in [6.07, 6.45) is 5.22. The predicted octanol–water partition coefficient (Wildman–Crippen LogP) is 3.05. The number of aromatic nitrogens is 3. The Morgan fingerprint density at radius 2 is 2.24 bits per heavy atom. The zero-order valence-electron chi connectivity index (χ0n) is 14.9. The Morgan fingerprint density at radius 1 is 1.32 bits per heavy atom. The lowest BCUT2D eigenvalue weighted by atomic mass is 10.1. The minimum absolute atomic E-state index is 0.750. The van der Waals surface area contributed by atoms with Crippen LogP contribution in [-0.4, -0.2) is 50.9 Å². The number of imidazole rings is 1. The van der Waals surface area contributed by atoms with E-state index in [0.717, 1.165) is 31.2 Å². The van der Waals surface area contributed by atoms with Crippen molar-refractivity contribution in [2.75, 3.05) is 26.7 Å². The van der Waals surface area contributed by atoms with Gasteiger partial charge in [0, 0.05) is 49.1 Å². The summed E-state index contributed by atoms with van der Waals surface area (Å²) < 4.78 is 2.20. The van der Waals surface area contributed by atoms with Gasteiger partial charge in [-0.05, 0) is 45.0 Å². The second-order valence-corrected chi connectivity index (χ2v) is 8.06. The Labute approximate surface area is 152 Å². The summed E-state index contributed by atoms with van der Waals surface area (Å²) in [5.74, 6) is 0.750. The van der Waals surface area contributed by atoms with Gasteiger partial charge in [0.05, 0.1) is 11.2 Å². The molecule has 5 nitrogen and oxygen atoms in total. The van der Waals surface area contributed by atoms with E-state index < -0.39 is 0 Å². The molecule has 4 rings (SSSR count). The first-order chi connectivity index (χ1) is 12.2. The van der Waals surface area contributed by atoms with Crippen LogP contribution in [0.5, 0.6) is 0 Å². The Hall–Kier alpha value is -1.76. The second kappa shape index (κ2) is 7.23. The topological polar surface area (TPSA) is 36.7 Å². The van der Waals surface area contributed by atoms with Gasteiger partial charge in [-0.15, -0.1) is 11.3 Å². The summed E-state index contributed by atoms with van der Waals surface area (Å²) >= 11 is 1.77. The van der Waals surface area contributed by atoms with Crippen molar-refractivity contribution >= 4 is 17.0 Å². The van der Waals surface area contributed by atoms with Gasteiger partial charge in [-0.3, -0.25) is 4.90 Å². The predicted molar refractivity (Wildman–Crippen MR) is 102 cm³/mol. The highest BCUT2D eigenvalue weighted by Crippen LogP contribution is 2.21. The number of pyridine rings is 1. The number of thiazole rings is 1. The van der Waals surface area contributed by atoms with Gasteiger partial charge in [0.2, 0.25) is 0 Å². The molecule has 6 heteroatoms. The molecule has 0 N–H and O–H groups in total. The molecule has 3 aromatic rings. The first-order valence-corrected chi connectivity index (χ1v) is 9.78. The highest BCUT2D eigenvalue weighted by Gasteiger charge is 2.24. The van der Waals surface area contributed by atoms with Gasteiger partial charge in [0.25, 0.3) is 0 Å². The molecule has 0 unspecified atom stereocenters. The lowest BCUT2D eigenvalue weighted by Gasteiger charge is -2.21. The maximum Gasteiger partial charge on any atom is 0.136 e. The van der Waals surface area contributed by atoms with Crippen LogP contribution < -0.4 is 0 Å². The minimum atomic E-state index is 0.750. The average Bonchev–Trinajstić information content (AvgIpc) is 3.31. The van der Waals surface area contributed by atoms with Crippen LogP contribution in [0.4, 0.5) is 0 Å². The van der Waals surface area contributed by atoms with Crippen molar-refractivity contribution in [2.45, 2.75) is 26.4 Å². The Balaban J connectivity index is 1.32. The molecular weight excluding hydrogens is 330 g/mol. The summed E-state index contributed by atoms with van der Waals surface area (Å²) in [7, 11) is 2.23. The number of fused-ring (bicyclic) bond motifs is 1. The summed E-state index contributed by atoms with van der Waals surface area (Å²) in [5, 5.41) is 0. The number of nitrogens with zero attached hydrogens (tertiary/aromatic N) is 5. The van der Waals surface area contributed by atoms with Crippen LogP contribution in [0, 0.1) is 12.8 Å². The van der Waals surface area contributed by atoms with Crippen LogP contribution in [-0.2, 0) is 13.1 Å². The smallest absolute Gasteiger partial charge is 0.136 e. The molecule has 1 aliphatic rings. The molecule has 1 saturated heterocycles. The quantitative estimate of drug-likeness (QED) is 0.681. The van der Waals surface area contributed by atoms with Gasteiger partial charge >= 0.3 is 0 Å². The van der Waals surface area contributed by atoms with Gasteiger partial charge in [-0.1, -0.05) is 6.07 Å². The summed E-state index contributed by atoms with van der Waals surface area (Å²) in [5.41, 5.74) is 5.49. The number of hydrogen-bond donors (Lipinski definition) is 0. The van der Waals surface area contributed by atoms with E-state index >= 15 is 0 Å². The van der Waals surface area contributed by atoms with Crippen molar-refractivity contribution in [1.29, 1.82) is 0 Å². The molecule has 3 aromatic heterocycles. The van der Waals surface area contributed by atoms with E-state index in [2.05, 4.69) is 62.5 Å². The van der Waals surface area contributed by atoms with Crippen LogP contribution in [0.2, 0.25) is 0 Å². The molecule has 0 saturated carbocycles. The number of hydrogen-bond acceptors (Lipinski definition) is 5. The van der Waals surface area contributed by atoms with E-state index in [1.54, 1.807) is 11.3 Å². The lowest BCUT2D eigenvalue weighted by molar-refractivity contribution is 0.254. The highest BCUT2D eigenvalue weighted by atomic mass is 32.1. The second-order valence-electron chi connectivity index (χ2n) is 7.12. The summed E-state index contributed by atoms with van der Waals surface area (Å²) in [4.78, 5) is 15.2. The third-order valence-electron chi connectivity index (χ3n) is 5.10. The Kier molecular flexibility index (Phi) is 4.83. The fourth-order valence-electron chi connectivity index (χ4n) is 3.80. The molecule has 0 spiro atoms. The number of rotatable bonds is 6. The van der Waals surface area contributed by atoms with Gasteiger partial charge in [-0.2, -0.15) is 0 Å². The van der Waals surface area contributed by atoms with Crippen LogP contribution in [0.3, 0.4) is 0 Å². The molecule has 0 radical (unpaired) electrons. The Morgan fingerprint density at radius 3 is 3.08 bits per heavy atom. The van der Waals surface area contributed by atoms with Crippen molar-refractivity contribution in [2.24, 2.45) is 5.92 Å². The molecule has 4 heterocycles. The first kappa shape index (κ1) is 16.7. The third kappa shape index (κ3) is 3.76. The monoisotopic (exact) mass is 355 g/mol. The van der Waals surface area contributed by atoms with Gasteiger partial charge in [0.15, 0.2) is 0 Å².